The van der Waals surface area contributed by atoms with Crippen LogP contribution in [0.3, 0.4) is 0 Å². The first kappa shape index (κ1) is 10.8. The summed E-state index contributed by atoms with van der Waals surface area (Å²) in [6, 6.07) is 6.89. The third-order valence-electron chi connectivity index (χ3n) is 3.14. The second-order valence-corrected chi connectivity index (χ2v) is 4.54. The highest BCUT2D eigenvalue weighted by molar-refractivity contribution is 5.94. The number of rotatable bonds is 3. The van der Waals surface area contributed by atoms with Crippen molar-refractivity contribution < 1.29 is 9.90 Å². The first-order chi connectivity index (χ1) is 8.65. The first-order valence-corrected chi connectivity index (χ1v) is 5.84. The summed E-state index contributed by atoms with van der Waals surface area (Å²) >= 11 is 0. The summed E-state index contributed by atoms with van der Waals surface area (Å²) in [5.41, 5.74) is 7.78. The van der Waals surface area contributed by atoms with Crippen molar-refractivity contribution in [3.63, 3.8) is 0 Å². The van der Waals surface area contributed by atoms with Crippen molar-refractivity contribution in [3.05, 3.63) is 41.7 Å². The van der Waals surface area contributed by atoms with Crippen molar-refractivity contribution in [2.45, 2.75) is 18.8 Å². The molecule has 1 heterocycles. The van der Waals surface area contributed by atoms with Gasteiger partial charge in [0, 0.05) is 17.8 Å². The molecule has 5 heteroatoms. The number of carbonyl (C=O) groups is 1. The predicted octanol–water partition coefficient (Wildman–Crippen LogP) is 2.03. The van der Waals surface area contributed by atoms with Crippen molar-refractivity contribution in [2.24, 2.45) is 0 Å². The number of carboxylic acid groups (broad SMARTS) is 1. The lowest BCUT2D eigenvalue weighted by atomic mass is 10.1. The maximum atomic E-state index is 11.0. The van der Waals surface area contributed by atoms with Crippen LogP contribution in [0, 0.1) is 0 Å². The molecule has 5 nitrogen and oxygen atoms in total. The minimum atomic E-state index is -1.02. The van der Waals surface area contributed by atoms with Crippen LogP contribution in [-0.4, -0.2) is 20.9 Å². The Morgan fingerprint density at radius 2 is 2.17 bits per heavy atom. The molecular formula is C13H13N3O2. The summed E-state index contributed by atoms with van der Waals surface area (Å²) in [5.74, 6) is -0.442. The quantitative estimate of drug-likeness (QED) is 0.808. The molecule has 18 heavy (non-hydrogen) atoms. The molecule has 1 aromatic heterocycles. The average molecular weight is 243 g/mol. The summed E-state index contributed by atoms with van der Waals surface area (Å²) in [5, 5.41) is 13.5. The Bertz CT molecular complexity index is 614. The number of hydrogen-bond acceptors (Lipinski definition) is 3. The van der Waals surface area contributed by atoms with Gasteiger partial charge in [-0.1, -0.05) is 0 Å². The third-order valence-corrected chi connectivity index (χ3v) is 3.14. The van der Waals surface area contributed by atoms with Gasteiger partial charge in [-0.3, -0.25) is 0 Å². The number of nitrogens with two attached hydrogens (primary N) is 1. The van der Waals surface area contributed by atoms with E-state index in [1.54, 1.807) is 22.9 Å². The lowest BCUT2D eigenvalue weighted by Crippen LogP contribution is -2.05. The van der Waals surface area contributed by atoms with Crippen LogP contribution in [0.5, 0.6) is 0 Å². The maximum Gasteiger partial charge on any atom is 0.337 e. The van der Waals surface area contributed by atoms with Gasteiger partial charge in [0.1, 0.15) is 0 Å². The van der Waals surface area contributed by atoms with Gasteiger partial charge in [0.2, 0.25) is 0 Å². The van der Waals surface area contributed by atoms with E-state index in [2.05, 4.69) is 5.10 Å². The molecule has 0 atom stereocenters. The highest BCUT2D eigenvalue weighted by Crippen LogP contribution is 2.39. The molecule has 0 saturated heterocycles. The van der Waals surface area contributed by atoms with E-state index in [4.69, 9.17) is 10.8 Å². The van der Waals surface area contributed by atoms with Gasteiger partial charge >= 0.3 is 5.97 Å². The predicted molar refractivity (Wildman–Crippen MR) is 66.9 cm³/mol. The molecular weight excluding hydrogens is 230 g/mol. The van der Waals surface area contributed by atoms with Crippen LogP contribution in [0.15, 0.2) is 30.5 Å². The van der Waals surface area contributed by atoms with Crippen molar-refractivity contribution in [1.82, 2.24) is 9.78 Å². The lowest BCUT2D eigenvalue weighted by molar-refractivity contribution is 0.0698. The lowest BCUT2D eigenvalue weighted by Gasteiger charge is -2.05. The fourth-order valence-electron chi connectivity index (χ4n) is 1.95. The zero-order valence-corrected chi connectivity index (χ0v) is 9.71. The Hall–Kier alpha value is -2.30. The molecule has 0 aliphatic heterocycles. The number of carboxylic acids is 1. The van der Waals surface area contributed by atoms with Gasteiger partial charge in [-0.25, -0.2) is 9.48 Å². The van der Waals surface area contributed by atoms with Crippen molar-refractivity contribution in [3.8, 4) is 5.69 Å². The van der Waals surface area contributed by atoms with E-state index >= 15 is 0 Å². The minimum absolute atomic E-state index is 0.107. The molecule has 1 aliphatic rings. The molecule has 1 fully saturated rings. The highest BCUT2D eigenvalue weighted by Gasteiger charge is 2.25. The van der Waals surface area contributed by atoms with E-state index in [0.717, 1.165) is 5.69 Å². The first-order valence-electron chi connectivity index (χ1n) is 5.84. The fourth-order valence-corrected chi connectivity index (χ4v) is 1.95. The monoisotopic (exact) mass is 243 g/mol. The van der Waals surface area contributed by atoms with Gasteiger partial charge in [-0.2, -0.15) is 5.10 Å². The van der Waals surface area contributed by atoms with E-state index in [1.165, 1.54) is 12.8 Å². The Labute approximate surface area is 104 Å². The van der Waals surface area contributed by atoms with E-state index < -0.39 is 5.97 Å². The normalized spacial score (nSPS) is 14.7. The van der Waals surface area contributed by atoms with Crippen LogP contribution < -0.4 is 5.73 Å². The van der Waals surface area contributed by atoms with Gasteiger partial charge in [0.05, 0.1) is 16.9 Å². The number of nitrogens with zero attached hydrogens (tertiary/aromatic N) is 2. The van der Waals surface area contributed by atoms with E-state index in [-0.39, 0.29) is 11.3 Å². The van der Waals surface area contributed by atoms with Crippen molar-refractivity contribution in [1.29, 1.82) is 0 Å². The summed E-state index contributed by atoms with van der Waals surface area (Å²) in [6.07, 6.45) is 4.24. The smallest absolute Gasteiger partial charge is 0.337 e. The van der Waals surface area contributed by atoms with Gasteiger partial charge in [-0.05, 0) is 37.1 Å². The Kier molecular flexibility index (Phi) is 2.33. The zero-order chi connectivity index (χ0) is 12.7. The topological polar surface area (TPSA) is 81.1 Å². The maximum absolute atomic E-state index is 11.0. The van der Waals surface area contributed by atoms with E-state index in [0.29, 0.717) is 11.6 Å². The number of aromatic nitrogens is 2. The molecule has 0 unspecified atom stereocenters. The number of benzene rings is 1. The molecule has 3 rings (SSSR count). The van der Waals surface area contributed by atoms with Crippen molar-refractivity contribution >= 4 is 11.7 Å². The molecule has 1 aromatic carbocycles. The van der Waals surface area contributed by atoms with E-state index in [1.807, 2.05) is 12.3 Å². The molecule has 1 saturated carbocycles. The number of aromatic carboxylic acids is 1. The zero-order valence-electron chi connectivity index (χ0n) is 9.71. The summed E-state index contributed by atoms with van der Waals surface area (Å²) in [6.45, 7) is 0. The van der Waals surface area contributed by atoms with Crippen LogP contribution in [0.1, 0.15) is 34.8 Å². The number of anilines is 1. The third kappa shape index (κ3) is 1.84. The highest BCUT2D eigenvalue weighted by atomic mass is 16.4. The standard InChI is InChI=1S/C13H13N3O2/c14-11-4-3-9(7-10(11)13(17)18)16-6-5-12(15-16)8-1-2-8/h3-8H,1-2,14H2,(H,17,18). The SMILES string of the molecule is Nc1ccc(-n2ccc(C3CC3)n2)cc1C(=O)O. The minimum Gasteiger partial charge on any atom is -0.478 e. The Morgan fingerprint density at radius 1 is 1.39 bits per heavy atom. The fraction of sp³-hybridized carbons (Fsp3) is 0.231. The average Bonchev–Trinajstić information content (AvgIpc) is 3.08. The van der Waals surface area contributed by atoms with Crippen LogP contribution in [0.25, 0.3) is 5.69 Å². The Morgan fingerprint density at radius 3 is 2.83 bits per heavy atom. The second-order valence-electron chi connectivity index (χ2n) is 4.54. The van der Waals surface area contributed by atoms with Crippen molar-refractivity contribution in [2.75, 3.05) is 5.73 Å². The molecule has 0 amide bonds. The number of hydrogen-bond donors (Lipinski definition) is 2. The van der Waals surface area contributed by atoms with Gasteiger partial charge < -0.3 is 10.8 Å². The molecule has 0 bridgehead atoms. The number of nitrogen functional groups attached to an aromatic ring is 1. The molecule has 3 N–H and O–H groups in total. The van der Waals surface area contributed by atoms with Crippen LogP contribution in [0.2, 0.25) is 0 Å². The molecule has 0 spiro atoms. The van der Waals surface area contributed by atoms with Crippen LogP contribution in [0.4, 0.5) is 5.69 Å². The Balaban J connectivity index is 1.99. The van der Waals surface area contributed by atoms with Gasteiger partial charge in [0.15, 0.2) is 0 Å². The second kappa shape index (κ2) is 3.87. The molecule has 92 valence electrons. The summed E-state index contributed by atoms with van der Waals surface area (Å²) in [4.78, 5) is 11.0. The van der Waals surface area contributed by atoms with Crippen LogP contribution in [-0.2, 0) is 0 Å². The van der Waals surface area contributed by atoms with Gasteiger partial charge in [-0.15, -0.1) is 0 Å². The molecule has 0 radical (unpaired) electrons. The molecule has 2 aromatic rings. The molecule has 1 aliphatic carbocycles. The van der Waals surface area contributed by atoms with Crippen LogP contribution >= 0.6 is 0 Å². The van der Waals surface area contributed by atoms with Gasteiger partial charge in [0.25, 0.3) is 0 Å². The largest absolute Gasteiger partial charge is 0.478 e. The summed E-state index contributed by atoms with van der Waals surface area (Å²) in [7, 11) is 0. The van der Waals surface area contributed by atoms with E-state index in [9.17, 15) is 4.79 Å². The summed E-state index contributed by atoms with van der Waals surface area (Å²) < 4.78 is 1.69.